The Hall–Kier alpha value is -0.530. The molecule has 3 unspecified atom stereocenters. The fourth-order valence-electron chi connectivity index (χ4n) is 3.94. The number of nitrogens with one attached hydrogen (secondary N) is 1. The molecule has 1 aliphatic heterocycles. The number of rotatable bonds is 1. The number of nitrogens with zero attached hydrogens (tertiary/aromatic N) is 1. The van der Waals surface area contributed by atoms with Crippen molar-refractivity contribution in [1.82, 2.24) is 5.32 Å². The van der Waals surface area contributed by atoms with E-state index in [9.17, 15) is 0 Å². The molecule has 3 rings (SSSR count). The highest BCUT2D eigenvalue weighted by Gasteiger charge is 2.37. The summed E-state index contributed by atoms with van der Waals surface area (Å²) in [6.45, 7) is 2.10. The van der Waals surface area contributed by atoms with Gasteiger partial charge in [-0.3, -0.25) is 4.99 Å². The van der Waals surface area contributed by atoms with Crippen molar-refractivity contribution in [3.8, 4) is 0 Å². The quantitative estimate of drug-likeness (QED) is 0.700. The zero-order chi connectivity index (χ0) is 10.1. The molecule has 3 aliphatic rings. The van der Waals surface area contributed by atoms with Gasteiger partial charge in [-0.2, -0.15) is 0 Å². The average molecular weight is 206 g/mol. The maximum absolute atomic E-state index is 4.66. The smallest absolute Gasteiger partial charge is 0.0998 e. The minimum absolute atomic E-state index is 0.798. The fourth-order valence-corrected chi connectivity index (χ4v) is 3.94. The molecule has 1 heterocycles. The Morgan fingerprint density at radius 3 is 2.73 bits per heavy atom. The predicted molar refractivity (Wildman–Crippen MR) is 63.1 cm³/mol. The summed E-state index contributed by atoms with van der Waals surface area (Å²) in [6, 6.07) is 0. The molecule has 15 heavy (non-hydrogen) atoms. The van der Waals surface area contributed by atoms with E-state index in [-0.39, 0.29) is 0 Å². The van der Waals surface area contributed by atoms with E-state index >= 15 is 0 Å². The molecule has 0 radical (unpaired) electrons. The van der Waals surface area contributed by atoms with Crippen LogP contribution in [-0.2, 0) is 0 Å². The molecule has 2 saturated carbocycles. The second kappa shape index (κ2) is 4.15. The molecular formula is C13H22N2. The monoisotopic (exact) mass is 206 g/mol. The number of amidine groups is 1. The first kappa shape index (κ1) is 9.68. The van der Waals surface area contributed by atoms with Gasteiger partial charge in [0.25, 0.3) is 0 Å². The van der Waals surface area contributed by atoms with Gasteiger partial charge in [0.05, 0.1) is 12.4 Å². The van der Waals surface area contributed by atoms with Crippen molar-refractivity contribution < 1.29 is 0 Å². The van der Waals surface area contributed by atoms with Crippen molar-refractivity contribution in [2.75, 3.05) is 13.1 Å². The summed E-state index contributed by atoms with van der Waals surface area (Å²) in [5.41, 5.74) is 0. The van der Waals surface area contributed by atoms with Gasteiger partial charge in [0, 0.05) is 12.5 Å². The zero-order valence-corrected chi connectivity index (χ0v) is 9.54. The number of aliphatic imine (C=N–C) groups is 1. The molecular weight excluding hydrogens is 184 g/mol. The van der Waals surface area contributed by atoms with Crippen LogP contribution in [0, 0.1) is 17.8 Å². The van der Waals surface area contributed by atoms with Gasteiger partial charge in [-0.05, 0) is 24.7 Å². The van der Waals surface area contributed by atoms with Gasteiger partial charge >= 0.3 is 0 Å². The lowest BCUT2D eigenvalue weighted by molar-refractivity contribution is 0.138. The Labute approximate surface area is 92.5 Å². The summed E-state index contributed by atoms with van der Waals surface area (Å²) in [5.74, 6) is 4.16. The molecule has 0 aromatic heterocycles. The van der Waals surface area contributed by atoms with Crippen LogP contribution in [-0.4, -0.2) is 18.9 Å². The molecule has 0 spiro atoms. The first-order valence-electron chi connectivity index (χ1n) is 6.73. The van der Waals surface area contributed by atoms with E-state index in [1.54, 1.807) is 0 Å². The van der Waals surface area contributed by atoms with Gasteiger partial charge < -0.3 is 5.32 Å². The maximum Gasteiger partial charge on any atom is 0.0998 e. The largest absolute Gasteiger partial charge is 0.372 e. The summed E-state index contributed by atoms with van der Waals surface area (Å²) in [6.07, 6.45) is 10.2. The van der Waals surface area contributed by atoms with Crippen LogP contribution in [0.1, 0.15) is 44.9 Å². The van der Waals surface area contributed by atoms with Crippen LogP contribution >= 0.6 is 0 Å². The minimum Gasteiger partial charge on any atom is -0.372 e. The molecule has 0 aromatic carbocycles. The Bertz CT molecular complexity index is 257. The van der Waals surface area contributed by atoms with Crippen molar-refractivity contribution in [2.24, 2.45) is 22.7 Å². The second-order valence-electron chi connectivity index (χ2n) is 5.44. The lowest BCUT2D eigenvalue weighted by atomic mass is 9.65. The zero-order valence-electron chi connectivity index (χ0n) is 9.54. The SMILES string of the molecule is C1CCC2C(C1)CCCC2C1=NCCN1. The molecule has 2 fully saturated rings. The molecule has 0 amide bonds. The minimum atomic E-state index is 0.798. The molecule has 1 N–H and O–H groups in total. The Morgan fingerprint density at radius 2 is 1.87 bits per heavy atom. The molecule has 0 aromatic rings. The molecule has 2 aliphatic carbocycles. The molecule has 0 bridgehead atoms. The van der Waals surface area contributed by atoms with Crippen LogP contribution in [0.2, 0.25) is 0 Å². The fraction of sp³-hybridized carbons (Fsp3) is 0.923. The predicted octanol–water partition coefficient (Wildman–Crippen LogP) is 2.59. The normalized spacial score (nSPS) is 40.5. The Morgan fingerprint density at radius 1 is 1.00 bits per heavy atom. The Kier molecular flexibility index (Phi) is 2.68. The average Bonchev–Trinajstić information content (AvgIpc) is 2.82. The molecule has 3 atom stereocenters. The van der Waals surface area contributed by atoms with Crippen molar-refractivity contribution in [3.05, 3.63) is 0 Å². The van der Waals surface area contributed by atoms with Crippen LogP contribution in [0.3, 0.4) is 0 Å². The van der Waals surface area contributed by atoms with E-state index in [1.165, 1.54) is 50.8 Å². The van der Waals surface area contributed by atoms with Crippen LogP contribution < -0.4 is 5.32 Å². The third-order valence-corrected chi connectivity index (χ3v) is 4.63. The van der Waals surface area contributed by atoms with Crippen LogP contribution in [0.15, 0.2) is 4.99 Å². The highest BCUT2D eigenvalue weighted by Crippen LogP contribution is 2.44. The van der Waals surface area contributed by atoms with Gasteiger partial charge in [-0.25, -0.2) is 0 Å². The molecule has 84 valence electrons. The van der Waals surface area contributed by atoms with Gasteiger partial charge in [0.15, 0.2) is 0 Å². The maximum atomic E-state index is 4.66. The van der Waals surface area contributed by atoms with Gasteiger partial charge in [0.1, 0.15) is 0 Å². The van der Waals surface area contributed by atoms with Crippen LogP contribution in [0.4, 0.5) is 0 Å². The van der Waals surface area contributed by atoms with Gasteiger partial charge in [-0.15, -0.1) is 0 Å². The second-order valence-corrected chi connectivity index (χ2v) is 5.44. The van der Waals surface area contributed by atoms with Crippen LogP contribution in [0.25, 0.3) is 0 Å². The van der Waals surface area contributed by atoms with E-state index < -0.39 is 0 Å². The van der Waals surface area contributed by atoms with E-state index in [4.69, 9.17) is 0 Å². The summed E-state index contributed by atoms with van der Waals surface area (Å²) >= 11 is 0. The van der Waals surface area contributed by atoms with Crippen LogP contribution in [0.5, 0.6) is 0 Å². The number of hydrogen-bond acceptors (Lipinski definition) is 2. The first-order chi connectivity index (χ1) is 7.45. The highest BCUT2D eigenvalue weighted by molar-refractivity contribution is 5.86. The lowest BCUT2D eigenvalue weighted by Crippen LogP contribution is -2.39. The van der Waals surface area contributed by atoms with Crippen molar-refractivity contribution >= 4 is 5.84 Å². The summed E-state index contributed by atoms with van der Waals surface area (Å²) in [7, 11) is 0. The Balaban J connectivity index is 1.75. The number of hydrogen-bond donors (Lipinski definition) is 1. The highest BCUT2D eigenvalue weighted by atomic mass is 15.1. The van der Waals surface area contributed by atoms with E-state index in [1.807, 2.05) is 0 Å². The molecule has 0 saturated heterocycles. The lowest BCUT2D eigenvalue weighted by Gasteiger charge is -2.41. The summed E-state index contributed by atoms with van der Waals surface area (Å²) in [5, 5.41) is 3.51. The topological polar surface area (TPSA) is 24.4 Å². The summed E-state index contributed by atoms with van der Waals surface area (Å²) < 4.78 is 0. The van der Waals surface area contributed by atoms with Gasteiger partial charge in [-0.1, -0.05) is 32.1 Å². The molecule has 2 heteroatoms. The first-order valence-corrected chi connectivity index (χ1v) is 6.73. The third-order valence-electron chi connectivity index (χ3n) is 4.63. The van der Waals surface area contributed by atoms with E-state index in [2.05, 4.69) is 10.3 Å². The summed E-state index contributed by atoms with van der Waals surface area (Å²) in [4.78, 5) is 4.66. The van der Waals surface area contributed by atoms with Crippen molar-refractivity contribution in [1.29, 1.82) is 0 Å². The van der Waals surface area contributed by atoms with Crippen molar-refractivity contribution in [2.45, 2.75) is 44.9 Å². The van der Waals surface area contributed by atoms with E-state index in [0.717, 1.165) is 30.8 Å². The third kappa shape index (κ3) is 1.79. The van der Waals surface area contributed by atoms with Crippen molar-refractivity contribution in [3.63, 3.8) is 0 Å². The molecule has 2 nitrogen and oxygen atoms in total. The van der Waals surface area contributed by atoms with E-state index in [0.29, 0.717) is 0 Å². The number of fused-ring (bicyclic) bond motifs is 1. The van der Waals surface area contributed by atoms with Gasteiger partial charge in [0.2, 0.25) is 0 Å². The standard InChI is InChI=1S/C13H22N2/c1-2-6-11-10(4-1)5-3-7-12(11)13-14-8-9-15-13/h10-12H,1-9H2,(H,14,15).